The summed E-state index contributed by atoms with van der Waals surface area (Å²) in [5.74, 6) is 0.467. The molecule has 2 rings (SSSR count). The Hall–Kier alpha value is -1.14. The first-order valence-electron chi connectivity index (χ1n) is 7.06. The van der Waals surface area contributed by atoms with Crippen LogP contribution in [0, 0.1) is 6.92 Å². The van der Waals surface area contributed by atoms with Gasteiger partial charge >= 0.3 is 0 Å². The first kappa shape index (κ1) is 15.3. The van der Waals surface area contributed by atoms with Crippen molar-refractivity contribution in [3.05, 3.63) is 23.5 Å². The number of aromatic nitrogens is 1. The highest BCUT2D eigenvalue weighted by Gasteiger charge is 2.29. The minimum atomic E-state index is -2.89. The van der Waals surface area contributed by atoms with E-state index in [1.807, 2.05) is 20.0 Å². The Bertz CT molecular complexity index is 572. The summed E-state index contributed by atoms with van der Waals surface area (Å²) < 4.78 is 23.4. The highest BCUT2D eigenvalue weighted by atomic mass is 32.2. The number of pyridine rings is 1. The van der Waals surface area contributed by atoms with Crippen LogP contribution in [0.5, 0.6) is 0 Å². The van der Waals surface area contributed by atoms with Crippen molar-refractivity contribution in [2.45, 2.75) is 33.4 Å². The van der Waals surface area contributed by atoms with Crippen LogP contribution < -0.4 is 10.2 Å². The zero-order chi connectivity index (χ0) is 14.8. The molecule has 0 amide bonds. The molecule has 1 unspecified atom stereocenters. The van der Waals surface area contributed by atoms with Crippen molar-refractivity contribution >= 4 is 15.5 Å². The van der Waals surface area contributed by atoms with Crippen molar-refractivity contribution in [1.82, 2.24) is 10.3 Å². The molecule has 0 bridgehead atoms. The molecule has 1 aromatic heterocycles. The highest BCUT2D eigenvalue weighted by Crippen LogP contribution is 2.26. The molecule has 1 aromatic rings. The van der Waals surface area contributed by atoms with Crippen LogP contribution in [0.3, 0.4) is 0 Å². The maximum atomic E-state index is 11.7. The van der Waals surface area contributed by atoms with E-state index in [1.54, 1.807) is 0 Å². The van der Waals surface area contributed by atoms with E-state index in [9.17, 15) is 8.42 Å². The monoisotopic (exact) mass is 297 g/mol. The minimum absolute atomic E-state index is 0.0101. The molecule has 0 saturated carbocycles. The van der Waals surface area contributed by atoms with E-state index >= 15 is 0 Å². The van der Waals surface area contributed by atoms with Crippen LogP contribution in [-0.4, -0.2) is 44.0 Å². The van der Waals surface area contributed by atoms with Crippen LogP contribution >= 0.6 is 0 Å². The molecule has 1 N–H and O–H groups in total. The standard InChI is InChI=1S/C14H23N3O2S/c1-4-15-8-13-9-16-11(2)7-14(13)17-5-6-20(18,19)10-12(17)3/h7,9,12,15H,4-6,8,10H2,1-3H3. The van der Waals surface area contributed by atoms with Crippen molar-refractivity contribution in [2.24, 2.45) is 0 Å². The van der Waals surface area contributed by atoms with Crippen LogP contribution in [-0.2, 0) is 16.4 Å². The summed E-state index contributed by atoms with van der Waals surface area (Å²) in [6.07, 6.45) is 1.89. The maximum absolute atomic E-state index is 11.7. The summed E-state index contributed by atoms with van der Waals surface area (Å²) >= 11 is 0. The van der Waals surface area contributed by atoms with Gasteiger partial charge in [0.15, 0.2) is 9.84 Å². The van der Waals surface area contributed by atoms with Crippen LogP contribution in [0.1, 0.15) is 25.1 Å². The quantitative estimate of drug-likeness (QED) is 0.902. The molecule has 20 heavy (non-hydrogen) atoms. The van der Waals surface area contributed by atoms with E-state index in [2.05, 4.69) is 28.2 Å². The molecule has 0 radical (unpaired) electrons. The Morgan fingerprint density at radius 3 is 2.90 bits per heavy atom. The smallest absolute Gasteiger partial charge is 0.154 e. The molecule has 5 nitrogen and oxygen atoms in total. The van der Waals surface area contributed by atoms with E-state index in [1.165, 1.54) is 0 Å². The molecule has 1 saturated heterocycles. The molecule has 1 atom stereocenters. The van der Waals surface area contributed by atoms with E-state index in [-0.39, 0.29) is 17.5 Å². The lowest BCUT2D eigenvalue weighted by atomic mass is 10.1. The number of nitrogens with zero attached hydrogens (tertiary/aromatic N) is 2. The summed E-state index contributed by atoms with van der Waals surface area (Å²) in [5, 5.41) is 3.31. The molecule has 1 aliphatic heterocycles. The number of anilines is 1. The van der Waals surface area contributed by atoms with Gasteiger partial charge in [-0.1, -0.05) is 6.92 Å². The first-order chi connectivity index (χ1) is 9.43. The zero-order valence-electron chi connectivity index (χ0n) is 12.4. The molecule has 112 valence electrons. The normalized spacial score (nSPS) is 21.9. The van der Waals surface area contributed by atoms with Crippen molar-refractivity contribution in [3.63, 3.8) is 0 Å². The summed E-state index contributed by atoms with van der Waals surface area (Å²) in [5.41, 5.74) is 3.20. The van der Waals surface area contributed by atoms with E-state index < -0.39 is 9.84 Å². The molecular weight excluding hydrogens is 274 g/mol. The van der Waals surface area contributed by atoms with Gasteiger partial charge in [-0.15, -0.1) is 0 Å². The molecule has 1 fully saturated rings. The Morgan fingerprint density at radius 1 is 1.50 bits per heavy atom. The molecule has 0 aliphatic carbocycles. The molecule has 0 spiro atoms. The average Bonchev–Trinajstić information content (AvgIpc) is 2.36. The summed E-state index contributed by atoms with van der Waals surface area (Å²) in [7, 11) is -2.89. The van der Waals surface area contributed by atoms with E-state index in [4.69, 9.17) is 0 Å². The Labute approximate surface area is 121 Å². The van der Waals surface area contributed by atoms with Gasteiger partial charge < -0.3 is 10.2 Å². The van der Waals surface area contributed by atoms with Crippen molar-refractivity contribution in [1.29, 1.82) is 0 Å². The maximum Gasteiger partial charge on any atom is 0.154 e. The lowest BCUT2D eigenvalue weighted by Gasteiger charge is -2.36. The number of aryl methyl sites for hydroxylation is 1. The van der Waals surface area contributed by atoms with Crippen LogP contribution in [0.15, 0.2) is 12.3 Å². The SMILES string of the molecule is CCNCc1cnc(C)cc1N1CCS(=O)(=O)CC1C. The zero-order valence-corrected chi connectivity index (χ0v) is 13.2. The lowest BCUT2D eigenvalue weighted by molar-refractivity contribution is 0.567. The second-order valence-electron chi connectivity index (χ2n) is 5.39. The molecule has 2 heterocycles. The fourth-order valence-corrected chi connectivity index (χ4v) is 4.15. The van der Waals surface area contributed by atoms with Crippen LogP contribution in [0.2, 0.25) is 0 Å². The average molecular weight is 297 g/mol. The molecule has 1 aliphatic rings. The second-order valence-corrected chi connectivity index (χ2v) is 7.62. The second kappa shape index (κ2) is 6.10. The van der Waals surface area contributed by atoms with Gasteiger partial charge in [-0.25, -0.2) is 8.42 Å². The van der Waals surface area contributed by atoms with Crippen molar-refractivity contribution in [2.75, 3.05) is 29.5 Å². The fraction of sp³-hybridized carbons (Fsp3) is 0.643. The Kier molecular flexibility index (Phi) is 4.65. The van der Waals surface area contributed by atoms with Gasteiger partial charge in [-0.05, 0) is 26.5 Å². The van der Waals surface area contributed by atoms with Gasteiger partial charge in [0.05, 0.1) is 11.5 Å². The lowest BCUT2D eigenvalue weighted by Crippen LogP contribution is -2.47. The summed E-state index contributed by atoms with van der Waals surface area (Å²) in [4.78, 5) is 6.55. The number of sulfone groups is 1. The number of nitrogens with one attached hydrogen (secondary N) is 1. The number of hydrogen-bond donors (Lipinski definition) is 1. The molecular formula is C14H23N3O2S. The van der Waals surface area contributed by atoms with Gasteiger partial charge in [-0.3, -0.25) is 4.98 Å². The number of hydrogen-bond acceptors (Lipinski definition) is 5. The predicted octanol–water partition coefficient (Wildman–Crippen LogP) is 1.12. The highest BCUT2D eigenvalue weighted by molar-refractivity contribution is 7.91. The van der Waals surface area contributed by atoms with E-state index in [0.29, 0.717) is 6.54 Å². The van der Waals surface area contributed by atoms with Gasteiger partial charge in [-0.2, -0.15) is 0 Å². The number of rotatable bonds is 4. The van der Waals surface area contributed by atoms with Gasteiger partial charge in [0.1, 0.15) is 0 Å². The Morgan fingerprint density at radius 2 is 2.25 bits per heavy atom. The van der Waals surface area contributed by atoms with Gasteiger partial charge in [0, 0.05) is 42.3 Å². The molecule has 6 heteroatoms. The topological polar surface area (TPSA) is 62.3 Å². The third-order valence-electron chi connectivity index (χ3n) is 3.64. The third kappa shape index (κ3) is 3.49. The third-order valence-corrected chi connectivity index (χ3v) is 5.44. The predicted molar refractivity (Wildman–Crippen MR) is 81.8 cm³/mol. The largest absolute Gasteiger partial charge is 0.366 e. The van der Waals surface area contributed by atoms with Crippen molar-refractivity contribution in [3.8, 4) is 0 Å². The minimum Gasteiger partial charge on any atom is -0.366 e. The van der Waals surface area contributed by atoms with Crippen molar-refractivity contribution < 1.29 is 8.42 Å². The van der Waals surface area contributed by atoms with E-state index in [0.717, 1.165) is 30.0 Å². The van der Waals surface area contributed by atoms with Crippen LogP contribution in [0.25, 0.3) is 0 Å². The fourth-order valence-electron chi connectivity index (χ4n) is 2.59. The Balaban J connectivity index is 2.29. The first-order valence-corrected chi connectivity index (χ1v) is 8.88. The van der Waals surface area contributed by atoms with Gasteiger partial charge in [0.25, 0.3) is 0 Å². The summed E-state index contributed by atoms with van der Waals surface area (Å²) in [6.45, 7) is 8.23. The van der Waals surface area contributed by atoms with Crippen LogP contribution in [0.4, 0.5) is 5.69 Å². The van der Waals surface area contributed by atoms with Gasteiger partial charge in [0.2, 0.25) is 0 Å². The summed E-state index contributed by atoms with van der Waals surface area (Å²) in [6, 6.07) is 2.07. The molecule has 0 aromatic carbocycles.